The Balaban J connectivity index is 0.00000169. The molecule has 0 aliphatic rings. The van der Waals surface area contributed by atoms with Crippen molar-refractivity contribution in [3.05, 3.63) is 24.2 Å². The van der Waals surface area contributed by atoms with E-state index in [1.807, 2.05) is 0 Å². The molecule has 4 N–H and O–H groups in total. The molecule has 0 radical (unpaired) electrons. The van der Waals surface area contributed by atoms with Gasteiger partial charge in [-0.25, -0.2) is 4.79 Å². The van der Waals surface area contributed by atoms with Gasteiger partial charge in [0.2, 0.25) is 6.04 Å². The van der Waals surface area contributed by atoms with Crippen LogP contribution >= 0.6 is 0 Å². The predicted molar refractivity (Wildman–Crippen MR) is 36.9 cm³/mol. The van der Waals surface area contributed by atoms with Gasteiger partial charge in [0, 0.05) is 0 Å². The van der Waals surface area contributed by atoms with E-state index in [0.717, 1.165) is 0 Å². The Labute approximate surface area is 84.1 Å². The number of halogens is 3. The van der Waals surface area contributed by atoms with E-state index >= 15 is 0 Å². The van der Waals surface area contributed by atoms with Crippen LogP contribution < -0.4 is 18.1 Å². The Hall–Kier alpha value is -1.14. The molecule has 0 spiro atoms. The minimum atomic E-state index is -3.90. The second-order valence-electron chi connectivity index (χ2n) is 2.50. The molecule has 0 aliphatic heterocycles. The molecule has 0 amide bonds. The lowest BCUT2D eigenvalue weighted by molar-refractivity contribution is -0.466. The summed E-state index contributed by atoms with van der Waals surface area (Å²) in [5, 5.41) is 8.18. The number of quaternary nitrogens is 1. The molecule has 0 aromatic carbocycles. The van der Waals surface area contributed by atoms with E-state index < -0.39 is 17.9 Å². The second kappa shape index (κ2) is 4.39. The lowest BCUT2D eigenvalue weighted by atomic mass is 10.1. The number of hydrogen-bond acceptors (Lipinski definition) is 2. The van der Waals surface area contributed by atoms with Crippen molar-refractivity contribution in [2.24, 2.45) is 0 Å². The SMILES string of the molecule is [Cl-].[NH3+][C@@H](c1ccco1)C(F)(F)C(=O)O. The Morgan fingerprint density at radius 3 is 2.57 bits per heavy atom. The molecule has 7 heteroatoms. The quantitative estimate of drug-likeness (QED) is 0.589. The van der Waals surface area contributed by atoms with Gasteiger partial charge in [-0.1, -0.05) is 0 Å². The van der Waals surface area contributed by atoms with Gasteiger partial charge in [0.1, 0.15) is 0 Å². The smallest absolute Gasteiger partial charge is 0.399 e. The van der Waals surface area contributed by atoms with Crippen molar-refractivity contribution in [3.8, 4) is 0 Å². The lowest BCUT2D eigenvalue weighted by Gasteiger charge is -2.13. The minimum absolute atomic E-state index is 0. The van der Waals surface area contributed by atoms with Gasteiger partial charge in [0.15, 0.2) is 5.76 Å². The van der Waals surface area contributed by atoms with Crippen LogP contribution in [0.1, 0.15) is 11.8 Å². The zero-order valence-electron chi connectivity index (χ0n) is 6.91. The molecule has 14 heavy (non-hydrogen) atoms. The zero-order valence-corrected chi connectivity index (χ0v) is 7.67. The largest absolute Gasteiger partial charge is 1.00 e. The maximum atomic E-state index is 12.8. The molecule has 4 nitrogen and oxygen atoms in total. The highest BCUT2D eigenvalue weighted by atomic mass is 35.5. The van der Waals surface area contributed by atoms with Crippen molar-refractivity contribution >= 4 is 5.97 Å². The van der Waals surface area contributed by atoms with Gasteiger partial charge >= 0.3 is 11.9 Å². The summed E-state index contributed by atoms with van der Waals surface area (Å²) in [6.45, 7) is 0. The highest BCUT2D eigenvalue weighted by Gasteiger charge is 2.51. The number of hydrogen-bond donors (Lipinski definition) is 2. The van der Waals surface area contributed by atoms with Gasteiger partial charge in [0.25, 0.3) is 0 Å². The monoisotopic (exact) mass is 227 g/mol. The van der Waals surface area contributed by atoms with Crippen LogP contribution in [0.3, 0.4) is 0 Å². The van der Waals surface area contributed by atoms with E-state index in [4.69, 9.17) is 5.11 Å². The maximum absolute atomic E-state index is 12.8. The van der Waals surface area contributed by atoms with Gasteiger partial charge in [-0.05, 0) is 12.1 Å². The number of rotatable bonds is 3. The first-order valence-electron chi connectivity index (χ1n) is 3.44. The highest BCUT2D eigenvalue weighted by Crippen LogP contribution is 2.27. The first kappa shape index (κ1) is 12.9. The Morgan fingerprint density at radius 2 is 2.21 bits per heavy atom. The zero-order chi connectivity index (χ0) is 10.1. The molecule has 0 fully saturated rings. The van der Waals surface area contributed by atoms with Crippen LogP contribution in [0, 0.1) is 0 Å². The molecule has 0 aliphatic carbocycles. The third kappa shape index (κ3) is 2.21. The van der Waals surface area contributed by atoms with Crippen LogP contribution in [0.25, 0.3) is 0 Å². The van der Waals surface area contributed by atoms with Crippen molar-refractivity contribution < 1.29 is 41.2 Å². The Morgan fingerprint density at radius 1 is 1.64 bits per heavy atom. The van der Waals surface area contributed by atoms with E-state index in [-0.39, 0.29) is 18.2 Å². The van der Waals surface area contributed by atoms with Crippen LogP contribution in [-0.2, 0) is 4.79 Å². The van der Waals surface area contributed by atoms with E-state index in [9.17, 15) is 13.6 Å². The summed E-state index contributed by atoms with van der Waals surface area (Å²) in [6.07, 6.45) is 1.19. The van der Waals surface area contributed by atoms with E-state index in [1.165, 1.54) is 18.4 Å². The molecule has 1 aromatic rings. The van der Waals surface area contributed by atoms with E-state index in [1.54, 1.807) is 0 Å². The third-order valence-corrected chi connectivity index (χ3v) is 1.61. The topological polar surface area (TPSA) is 78.1 Å². The Kier molecular flexibility index (Phi) is 4.03. The summed E-state index contributed by atoms with van der Waals surface area (Å²) in [5.74, 6) is -6.26. The molecule has 80 valence electrons. The summed E-state index contributed by atoms with van der Waals surface area (Å²) in [7, 11) is 0. The first-order valence-corrected chi connectivity index (χ1v) is 3.44. The number of aliphatic carboxylic acids is 1. The Bertz CT molecular complexity index is 302. The van der Waals surface area contributed by atoms with Crippen molar-refractivity contribution in [3.63, 3.8) is 0 Å². The summed E-state index contributed by atoms with van der Waals surface area (Å²) >= 11 is 0. The van der Waals surface area contributed by atoms with Crippen LogP contribution in [0.4, 0.5) is 8.78 Å². The van der Waals surface area contributed by atoms with E-state index in [2.05, 4.69) is 10.2 Å². The first-order chi connectivity index (χ1) is 5.96. The van der Waals surface area contributed by atoms with Gasteiger partial charge in [-0.3, -0.25) is 0 Å². The number of carboxylic acid groups (broad SMARTS) is 1. The highest BCUT2D eigenvalue weighted by molar-refractivity contribution is 5.76. The van der Waals surface area contributed by atoms with Gasteiger partial charge in [-0.15, -0.1) is 0 Å². The van der Waals surface area contributed by atoms with Crippen LogP contribution in [0.15, 0.2) is 22.8 Å². The fraction of sp³-hybridized carbons (Fsp3) is 0.286. The van der Waals surface area contributed by atoms with Crippen LogP contribution in [0.5, 0.6) is 0 Å². The average Bonchev–Trinajstić information content (AvgIpc) is 2.54. The minimum Gasteiger partial charge on any atom is -1.00 e. The standard InChI is InChI=1S/C7H7F2NO3.ClH/c8-7(9,6(11)12)5(10)4-2-1-3-13-4;/h1-3,5H,10H2,(H,11,12);1H/t5-;/m0./s1. The predicted octanol–water partition coefficient (Wildman–Crippen LogP) is -2.71. The number of carboxylic acids is 1. The molecule has 0 saturated heterocycles. The van der Waals surface area contributed by atoms with Crippen LogP contribution in [0.2, 0.25) is 0 Å². The second-order valence-corrected chi connectivity index (χ2v) is 2.50. The normalized spacial score (nSPS) is 13.1. The molecule has 1 heterocycles. The molecule has 1 rings (SSSR count). The summed E-state index contributed by atoms with van der Waals surface area (Å²) in [4.78, 5) is 10.1. The van der Waals surface area contributed by atoms with Crippen molar-refractivity contribution in [2.45, 2.75) is 12.0 Å². The summed E-state index contributed by atoms with van der Waals surface area (Å²) < 4.78 is 30.2. The van der Waals surface area contributed by atoms with E-state index in [0.29, 0.717) is 0 Å². The molecule has 0 bridgehead atoms. The fourth-order valence-electron chi connectivity index (χ4n) is 0.817. The number of furan rings is 1. The van der Waals surface area contributed by atoms with Gasteiger partial charge in [-0.2, -0.15) is 8.78 Å². The molecule has 1 aromatic heterocycles. The summed E-state index contributed by atoms with van der Waals surface area (Å²) in [6, 6.07) is 0.944. The van der Waals surface area contributed by atoms with Crippen molar-refractivity contribution in [2.75, 3.05) is 0 Å². The molecule has 1 atom stereocenters. The van der Waals surface area contributed by atoms with Gasteiger partial charge in [0.05, 0.1) is 6.26 Å². The molecule has 0 unspecified atom stereocenters. The molecular weight excluding hydrogens is 220 g/mol. The fourth-order valence-corrected chi connectivity index (χ4v) is 0.817. The van der Waals surface area contributed by atoms with Gasteiger partial charge < -0.3 is 27.7 Å². The van der Waals surface area contributed by atoms with Crippen molar-refractivity contribution in [1.29, 1.82) is 0 Å². The van der Waals surface area contributed by atoms with Crippen LogP contribution in [-0.4, -0.2) is 17.0 Å². The number of carbonyl (C=O) groups is 1. The average molecular weight is 228 g/mol. The summed E-state index contributed by atoms with van der Waals surface area (Å²) in [5.41, 5.74) is 3.05. The third-order valence-electron chi connectivity index (χ3n) is 1.61. The van der Waals surface area contributed by atoms with Crippen molar-refractivity contribution in [1.82, 2.24) is 0 Å². The lowest BCUT2D eigenvalue weighted by Crippen LogP contribution is -3.00. The molecular formula is C7H8ClF2NO3. The molecule has 0 saturated carbocycles. The maximum Gasteiger partial charge on any atom is 0.399 e. The number of alkyl halides is 2.